The number of ether oxygens (including phenoxy) is 2. The summed E-state index contributed by atoms with van der Waals surface area (Å²) in [7, 11) is 0. The Bertz CT molecular complexity index is 576. The van der Waals surface area contributed by atoms with Gasteiger partial charge in [0.1, 0.15) is 0 Å². The lowest BCUT2D eigenvalue weighted by atomic mass is 9.80. The zero-order valence-electron chi connectivity index (χ0n) is 14.0. The van der Waals surface area contributed by atoms with Crippen molar-refractivity contribution >= 4 is 35.6 Å². The number of halogens is 1. The van der Waals surface area contributed by atoms with Crippen LogP contribution in [-0.4, -0.2) is 43.0 Å². The van der Waals surface area contributed by atoms with Crippen LogP contribution in [0.3, 0.4) is 0 Å². The van der Waals surface area contributed by atoms with Gasteiger partial charge in [-0.2, -0.15) is 0 Å². The van der Waals surface area contributed by atoms with Crippen LogP contribution in [0.25, 0.3) is 0 Å². The number of nitrogens with zero attached hydrogens (tertiary/aromatic N) is 1. The van der Waals surface area contributed by atoms with Gasteiger partial charge in [-0.1, -0.05) is 0 Å². The van der Waals surface area contributed by atoms with Gasteiger partial charge in [0, 0.05) is 24.7 Å². The first-order valence-corrected chi connectivity index (χ1v) is 8.36. The molecular weight excluding hydrogens is 421 g/mol. The Morgan fingerprint density at radius 1 is 1.21 bits per heavy atom. The van der Waals surface area contributed by atoms with Gasteiger partial charge < -0.3 is 25.2 Å². The van der Waals surface area contributed by atoms with Gasteiger partial charge in [-0.15, -0.1) is 24.0 Å². The summed E-state index contributed by atoms with van der Waals surface area (Å²) in [5.41, 5.74) is 0.266. The summed E-state index contributed by atoms with van der Waals surface area (Å²) in [6.45, 7) is 4.55. The molecule has 1 aliphatic carbocycles. The Hall–Kier alpha value is -1.22. The quantitative estimate of drug-likeness (QED) is 0.376. The maximum Gasteiger partial charge on any atom is 0.195 e. The molecule has 0 saturated heterocycles. The Balaban J connectivity index is 0.00000208. The second kappa shape index (κ2) is 8.75. The zero-order chi connectivity index (χ0) is 16.1. The molecule has 3 rings (SSSR count). The van der Waals surface area contributed by atoms with Crippen molar-refractivity contribution in [2.75, 3.05) is 31.6 Å². The Morgan fingerprint density at radius 3 is 2.62 bits per heavy atom. The minimum Gasteiger partial charge on any atom is -0.490 e. The van der Waals surface area contributed by atoms with Crippen LogP contribution in [-0.2, 0) is 0 Å². The number of anilines is 1. The Kier molecular flexibility index (Phi) is 6.97. The largest absolute Gasteiger partial charge is 0.490 e. The van der Waals surface area contributed by atoms with Crippen LogP contribution in [0, 0.1) is 0 Å². The molecule has 0 radical (unpaired) electrons. The molecule has 3 N–H and O–H groups in total. The van der Waals surface area contributed by atoms with E-state index in [9.17, 15) is 5.11 Å². The van der Waals surface area contributed by atoms with Gasteiger partial charge in [0.05, 0.1) is 25.4 Å². The topological polar surface area (TPSA) is 75.1 Å². The molecule has 2 aliphatic rings. The van der Waals surface area contributed by atoms with Crippen LogP contribution in [0.5, 0.6) is 11.5 Å². The molecule has 0 amide bonds. The summed E-state index contributed by atoms with van der Waals surface area (Å²) in [6.07, 6.45) is 3.64. The van der Waals surface area contributed by atoms with E-state index in [1.807, 2.05) is 25.1 Å². The van der Waals surface area contributed by atoms with Crippen LogP contribution < -0.4 is 20.1 Å². The first kappa shape index (κ1) is 19.1. The highest BCUT2D eigenvalue weighted by Crippen LogP contribution is 2.33. The summed E-state index contributed by atoms with van der Waals surface area (Å²) in [6, 6.07) is 5.77. The highest BCUT2D eigenvalue weighted by Gasteiger charge is 2.34. The molecule has 6 nitrogen and oxygen atoms in total. The average molecular weight is 447 g/mol. The van der Waals surface area contributed by atoms with E-state index in [0.717, 1.165) is 49.4 Å². The van der Waals surface area contributed by atoms with Crippen molar-refractivity contribution in [2.45, 2.75) is 38.2 Å². The van der Waals surface area contributed by atoms with E-state index in [-0.39, 0.29) is 24.0 Å². The van der Waals surface area contributed by atoms with Gasteiger partial charge in [0.25, 0.3) is 0 Å². The van der Waals surface area contributed by atoms with Crippen LogP contribution in [0.1, 0.15) is 32.6 Å². The molecule has 1 aliphatic heterocycles. The van der Waals surface area contributed by atoms with E-state index >= 15 is 0 Å². The molecule has 24 heavy (non-hydrogen) atoms. The van der Waals surface area contributed by atoms with Gasteiger partial charge in [0.15, 0.2) is 17.5 Å². The highest BCUT2D eigenvalue weighted by atomic mass is 127. The van der Waals surface area contributed by atoms with E-state index < -0.39 is 5.60 Å². The lowest BCUT2D eigenvalue weighted by molar-refractivity contribution is -0.0235. The fourth-order valence-corrected chi connectivity index (χ4v) is 2.65. The normalized spacial score (nSPS) is 18.7. The zero-order valence-corrected chi connectivity index (χ0v) is 16.3. The molecule has 1 saturated carbocycles. The number of benzene rings is 1. The molecule has 0 spiro atoms. The second-order valence-corrected chi connectivity index (χ2v) is 6.11. The molecule has 0 aromatic heterocycles. The molecule has 134 valence electrons. The standard InChI is InChI=1S/C17H25N3O3.HI/c1-2-18-16(19-12-17(21)7-3-8-17)20-13-5-6-14-15(11-13)23-10-4-9-22-14;/h5-6,11,21H,2-4,7-10,12H2,1H3,(H2,18,19,20);1H. The van der Waals surface area contributed by atoms with Crippen LogP contribution in [0.15, 0.2) is 23.2 Å². The third kappa shape index (κ3) is 4.89. The molecule has 1 aromatic carbocycles. The smallest absolute Gasteiger partial charge is 0.195 e. The lowest BCUT2D eigenvalue weighted by Crippen LogP contribution is -2.41. The SMILES string of the molecule is CCNC(=NCC1(O)CCC1)Nc1ccc2c(c1)OCCCO2.I. The molecular formula is C17H26IN3O3. The van der Waals surface area contributed by atoms with Gasteiger partial charge in [0.2, 0.25) is 0 Å². The third-order valence-electron chi connectivity index (χ3n) is 4.17. The Morgan fingerprint density at radius 2 is 1.96 bits per heavy atom. The summed E-state index contributed by atoms with van der Waals surface area (Å²) in [5.74, 6) is 2.20. The predicted molar refractivity (Wildman–Crippen MR) is 106 cm³/mol. The highest BCUT2D eigenvalue weighted by molar-refractivity contribution is 14.0. The average Bonchev–Trinajstić information content (AvgIpc) is 2.76. The first-order valence-electron chi connectivity index (χ1n) is 8.36. The molecule has 0 bridgehead atoms. The summed E-state index contributed by atoms with van der Waals surface area (Å²) in [5, 5.41) is 16.6. The van der Waals surface area contributed by atoms with Crippen LogP contribution in [0.4, 0.5) is 5.69 Å². The van der Waals surface area contributed by atoms with Crippen LogP contribution in [0.2, 0.25) is 0 Å². The number of hydrogen-bond acceptors (Lipinski definition) is 4. The van der Waals surface area contributed by atoms with Crippen molar-refractivity contribution in [3.63, 3.8) is 0 Å². The predicted octanol–water partition coefficient (Wildman–Crippen LogP) is 2.76. The number of fused-ring (bicyclic) bond motifs is 1. The second-order valence-electron chi connectivity index (χ2n) is 6.11. The maximum absolute atomic E-state index is 10.2. The first-order chi connectivity index (χ1) is 11.2. The van der Waals surface area contributed by atoms with Gasteiger partial charge >= 0.3 is 0 Å². The fourth-order valence-electron chi connectivity index (χ4n) is 2.65. The number of aliphatic hydroxyl groups is 1. The number of aliphatic imine (C=N–C) groups is 1. The minimum absolute atomic E-state index is 0. The van der Waals surface area contributed by atoms with E-state index in [4.69, 9.17) is 9.47 Å². The molecule has 0 unspecified atom stereocenters. The van der Waals surface area contributed by atoms with Crippen molar-refractivity contribution in [3.05, 3.63) is 18.2 Å². The molecule has 1 fully saturated rings. The lowest BCUT2D eigenvalue weighted by Gasteiger charge is -2.35. The van der Waals surface area contributed by atoms with Crippen molar-refractivity contribution in [3.8, 4) is 11.5 Å². The number of nitrogens with one attached hydrogen (secondary N) is 2. The van der Waals surface area contributed by atoms with Crippen molar-refractivity contribution < 1.29 is 14.6 Å². The number of hydrogen-bond donors (Lipinski definition) is 3. The van der Waals surface area contributed by atoms with E-state index in [1.165, 1.54) is 0 Å². The summed E-state index contributed by atoms with van der Waals surface area (Å²) >= 11 is 0. The molecule has 0 atom stereocenters. The summed E-state index contributed by atoms with van der Waals surface area (Å²) < 4.78 is 11.3. The fraction of sp³-hybridized carbons (Fsp3) is 0.588. The molecule has 1 heterocycles. The van der Waals surface area contributed by atoms with Gasteiger partial charge in [-0.05, 0) is 38.3 Å². The maximum atomic E-state index is 10.2. The van der Waals surface area contributed by atoms with E-state index in [2.05, 4.69) is 15.6 Å². The molecule has 1 aromatic rings. The summed E-state index contributed by atoms with van der Waals surface area (Å²) in [4.78, 5) is 4.51. The van der Waals surface area contributed by atoms with Crippen molar-refractivity contribution in [1.82, 2.24) is 5.32 Å². The number of rotatable bonds is 4. The third-order valence-corrected chi connectivity index (χ3v) is 4.17. The minimum atomic E-state index is -0.618. The van der Waals surface area contributed by atoms with Gasteiger partial charge in [-0.25, -0.2) is 0 Å². The monoisotopic (exact) mass is 447 g/mol. The van der Waals surface area contributed by atoms with Gasteiger partial charge in [-0.3, -0.25) is 4.99 Å². The Labute approximate surface area is 160 Å². The van der Waals surface area contributed by atoms with E-state index in [1.54, 1.807) is 0 Å². The number of guanidine groups is 1. The van der Waals surface area contributed by atoms with Crippen LogP contribution >= 0.6 is 24.0 Å². The van der Waals surface area contributed by atoms with E-state index in [0.29, 0.717) is 25.7 Å². The van der Waals surface area contributed by atoms with Crippen molar-refractivity contribution in [1.29, 1.82) is 0 Å². The molecule has 7 heteroatoms. The van der Waals surface area contributed by atoms with Crippen molar-refractivity contribution in [2.24, 2.45) is 4.99 Å².